The number of benzene rings is 1. The second-order valence-electron chi connectivity index (χ2n) is 6.13. The van der Waals surface area contributed by atoms with Gasteiger partial charge in [-0.05, 0) is 45.2 Å². The maximum absolute atomic E-state index is 12.1. The number of ketones is 1. The summed E-state index contributed by atoms with van der Waals surface area (Å²) in [5, 5.41) is 0. The highest BCUT2D eigenvalue weighted by atomic mass is 16.6. The molecule has 0 fully saturated rings. The summed E-state index contributed by atoms with van der Waals surface area (Å²) in [6, 6.07) is 5.64. The molecule has 4 nitrogen and oxygen atoms in total. The van der Waals surface area contributed by atoms with Gasteiger partial charge >= 0.3 is 6.09 Å². The SMILES string of the molecule is CN(C(=O)OC(C)(C)C)c1cccc2c1C(=O)CCC2. The monoisotopic (exact) mass is 275 g/mol. The van der Waals surface area contributed by atoms with Crippen molar-refractivity contribution in [2.24, 2.45) is 0 Å². The van der Waals surface area contributed by atoms with E-state index in [9.17, 15) is 9.59 Å². The van der Waals surface area contributed by atoms with Gasteiger partial charge in [0.25, 0.3) is 0 Å². The first-order valence-corrected chi connectivity index (χ1v) is 6.91. The average molecular weight is 275 g/mol. The number of amides is 1. The minimum absolute atomic E-state index is 0.109. The topological polar surface area (TPSA) is 46.6 Å². The van der Waals surface area contributed by atoms with Gasteiger partial charge in [-0.3, -0.25) is 9.69 Å². The highest BCUT2D eigenvalue weighted by Gasteiger charge is 2.26. The van der Waals surface area contributed by atoms with Crippen LogP contribution >= 0.6 is 0 Å². The molecular formula is C16H21NO3. The van der Waals surface area contributed by atoms with E-state index in [4.69, 9.17) is 4.74 Å². The number of hydrogen-bond donors (Lipinski definition) is 0. The molecular weight excluding hydrogens is 254 g/mol. The van der Waals surface area contributed by atoms with E-state index in [1.807, 2.05) is 32.9 Å². The van der Waals surface area contributed by atoms with E-state index < -0.39 is 11.7 Å². The molecule has 0 saturated heterocycles. The normalized spacial score (nSPS) is 14.7. The molecule has 0 heterocycles. The summed E-state index contributed by atoms with van der Waals surface area (Å²) in [5.74, 6) is 0.109. The Labute approximate surface area is 119 Å². The van der Waals surface area contributed by atoms with E-state index in [1.165, 1.54) is 4.90 Å². The first-order chi connectivity index (χ1) is 9.29. The molecule has 1 amide bonds. The summed E-state index contributed by atoms with van der Waals surface area (Å²) in [6.07, 6.45) is 1.87. The lowest BCUT2D eigenvalue weighted by Gasteiger charge is -2.27. The predicted octanol–water partition coefficient (Wildman–Crippen LogP) is 3.58. The van der Waals surface area contributed by atoms with Gasteiger partial charge in [-0.25, -0.2) is 4.79 Å². The third-order valence-corrected chi connectivity index (χ3v) is 3.29. The fraction of sp³-hybridized carbons (Fsp3) is 0.500. The molecule has 4 heteroatoms. The van der Waals surface area contributed by atoms with Crippen molar-refractivity contribution in [3.05, 3.63) is 29.3 Å². The summed E-state index contributed by atoms with van der Waals surface area (Å²) in [7, 11) is 1.64. The Morgan fingerprint density at radius 2 is 1.95 bits per heavy atom. The van der Waals surface area contributed by atoms with E-state index in [2.05, 4.69) is 0 Å². The summed E-state index contributed by atoms with van der Waals surface area (Å²) in [4.78, 5) is 25.7. The van der Waals surface area contributed by atoms with Crippen molar-refractivity contribution in [2.75, 3.05) is 11.9 Å². The van der Waals surface area contributed by atoms with Gasteiger partial charge in [0.15, 0.2) is 5.78 Å². The van der Waals surface area contributed by atoms with Crippen molar-refractivity contribution in [3.63, 3.8) is 0 Å². The van der Waals surface area contributed by atoms with Crippen molar-refractivity contribution in [1.29, 1.82) is 0 Å². The molecule has 0 N–H and O–H groups in total. The predicted molar refractivity (Wildman–Crippen MR) is 78.3 cm³/mol. The smallest absolute Gasteiger partial charge is 0.414 e. The van der Waals surface area contributed by atoms with Gasteiger partial charge in [-0.1, -0.05) is 12.1 Å². The van der Waals surface area contributed by atoms with E-state index >= 15 is 0 Å². The maximum atomic E-state index is 12.1. The number of fused-ring (bicyclic) bond motifs is 1. The van der Waals surface area contributed by atoms with Gasteiger partial charge in [-0.2, -0.15) is 0 Å². The fourth-order valence-corrected chi connectivity index (χ4v) is 2.39. The van der Waals surface area contributed by atoms with Crippen LogP contribution in [0.25, 0.3) is 0 Å². The zero-order chi connectivity index (χ0) is 14.9. The van der Waals surface area contributed by atoms with Crippen molar-refractivity contribution in [2.45, 2.75) is 45.6 Å². The van der Waals surface area contributed by atoms with Crippen LogP contribution < -0.4 is 4.90 Å². The van der Waals surface area contributed by atoms with Crippen molar-refractivity contribution in [3.8, 4) is 0 Å². The molecule has 0 spiro atoms. The zero-order valence-electron chi connectivity index (χ0n) is 12.5. The van der Waals surface area contributed by atoms with Crippen LogP contribution in [0.2, 0.25) is 0 Å². The Morgan fingerprint density at radius 1 is 1.25 bits per heavy atom. The Kier molecular flexibility index (Phi) is 3.84. The summed E-state index contributed by atoms with van der Waals surface area (Å²) in [5.41, 5.74) is 1.78. The molecule has 20 heavy (non-hydrogen) atoms. The van der Waals surface area contributed by atoms with Crippen LogP contribution in [0.3, 0.4) is 0 Å². The van der Waals surface area contributed by atoms with Crippen LogP contribution in [0.1, 0.15) is 49.5 Å². The van der Waals surface area contributed by atoms with E-state index in [1.54, 1.807) is 13.1 Å². The molecule has 0 radical (unpaired) electrons. The van der Waals surface area contributed by atoms with Crippen LogP contribution in [-0.2, 0) is 11.2 Å². The molecule has 2 rings (SSSR count). The number of carbonyl (C=O) groups is 2. The van der Waals surface area contributed by atoms with Gasteiger partial charge in [0.1, 0.15) is 5.60 Å². The standard InChI is InChI=1S/C16H21NO3/c1-16(2,3)20-15(19)17(4)12-9-5-7-11-8-6-10-13(18)14(11)12/h5,7,9H,6,8,10H2,1-4H3. The van der Waals surface area contributed by atoms with Gasteiger partial charge in [-0.15, -0.1) is 0 Å². The lowest BCUT2D eigenvalue weighted by Crippen LogP contribution is -2.35. The quantitative estimate of drug-likeness (QED) is 0.787. The lowest BCUT2D eigenvalue weighted by molar-refractivity contribution is 0.0589. The van der Waals surface area contributed by atoms with Crippen LogP contribution in [-0.4, -0.2) is 24.5 Å². The van der Waals surface area contributed by atoms with Gasteiger partial charge in [0, 0.05) is 19.0 Å². The number of aryl methyl sites for hydroxylation is 1. The molecule has 1 aromatic rings. The van der Waals surface area contributed by atoms with Gasteiger partial charge in [0.05, 0.1) is 5.69 Å². The van der Waals surface area contributed by atoms with E-state index in [0.29, 0.717) is 17.7 Å². The first kappa shape index (κ1) is 14.6. The van der Waals surface area contributed by atoms with E-state index in [-0.39, 0.29) is 5.78 Å². The number of Topliss-reactive ketones (excluding diaryl/α,β-unsaturated/α-hetero) is 1. The molecule has 0 aliphatic heterocycles. The first-order valence-electron chi connectivity index (χ1n) is 6.91. The summed E-state index contributed by atoms with van der Waals surface area (Å²) >= 11 is 0. The average Bonchev–Trinajstić information content (AvgIpc) is 2.35. The number of nitrogens with zero attached hydrogens (tertiary/aromatic N) is 1. The lowest BCUT2D eigenvalue weighted by atomic mass is 9.89. The van der Waals surface area contributed by atoms with Gasteiger partial charge < -0.3 is 4.74 Å². The number of rotatable bonds is 1. The molecule has 0 bridgehead atoms. The molecule has 0 unspecified atom stereocenters. The van der Waals surface area contributed by atoms with Crippen molar-refractivity contribution in [1.82, 2.24) is 0 Å². The second-order valence-corrected chi connectivity index (χ2v) is 6.13. The van der Waals surface area contributed by atoms with E-state index in [0.717, 1.165) is 18.4 Å². The molecule has 1 aliphatic carbocycles. The number of ether oxygens (including phenoxy) is 1. The molecule has 0 aromatic heterocycles. The number of anilines is 1. The molecule has 108 valence electrons. The third kappa shape index (κ3) is 3.00. The van der Waals surface area contributed by atoms with Crippen molar-refractivity contribution < 1.29 is 14.3 Å². The number of hydrogen-bond acceptors (Lipinski definition) is 3. The van der Waals surface area contributed by atoms with Crippen molar-refractivity contribution >= 4 is 17.6 Å². The van der Waals surface area contributed by atoms with Crippen LogP contribution in [0.4, 0.5) is 10.5 Å². The summed E-state index contributed by atoms with van der Waals surface area (Å²) < 4.78 is 5.36. The second kappa shape index (κ2) is 5.27. The largest absolute Gasteiger partial charge is 0.443 e. The molecule has 1 aromatic carbocycles. The molecule has 0 saturated carbocycles. The highest BCUT2D eigenvalue weighted by Crippen LogP contribution is 2.30. The fourth-order valence-electron chi connectivity index (χ4n) is 2.39. The highest BCUT2D eigenvalue weighted by molar-refractivity contribution is 6.06. The summed E-state index contributed by atoms with van der Waals surface area (Å²) in [6.45, 7) is 5.47. The Balaban J connectivity index is 2.33. The van der Waals surface area contributed by atoms with Crippen LogP contribution in [0.15, 0.2) is 18.2 Å². The van der Waals surface area contributed by atoms with Crippen LogP contribution in [0.5, 0.6) is 0 Å². The third-order valence-electron chi connectivity index (χ3n) is 3.29. The minimum atomic E-state index is -0.551. The zero-order valence-corrected chi connectivity index (χ0v) is 12.5. The minimum Gasteiger partial charge on any atom is -0.443 e. The Bertz CT molecular complexity index is 543. The maximum Gasteiger partial charge on any atom is 0.414 e. The van der Waals surface area contributed by atoms with Gasteiger partial charge in [0.2, 0.25) is 0 Å². The number of carbonyl (C=O) groups excluding carboxylic acids is 2. The van der Waals surface area contributed by atoms with Crippen LogP contribution in [0, 0.1) is 0 Å². The Morgan fingerprint density at radius 3 is 2.60 bits per heavy atom. The molecule has 1 aliphatic rings. The Hall–Kier alpha value is -1.84. The molecule has 0 atom stereocenters.